The predicted molar refractivity (Wildman–Crippen MR) is 61.3 cm³/mol. The summed E-state index contributed by atoms with van der Waals surface area (Å²) in [7, 11) is 0. The van der Waals surface area contributed by atoms with Crippen LogP contribution in [0.3, 0.4) is 0 Å². The Labute approximate surface area is 90.2 Å². The molecule has 1 saturated heterocycles. The fourth-order valence-electron chi connectivity index (χ4n) is 1.48. The Kier molecular flexibility index (Phi) is 4.26. The summed E-state index contributed by atoms with van der Waals surface area (Å²) in [4.78, 5) is 11.4. The zero-order valence-electron chi connectivity index (χ0n) is 9.01. The molecule has 4 heteroatoms. The van der Waals surface area contributed by atoms with Crippen LogP contribution in [0.4, 0.5) is 0 Å². The second-order valence-electron chi connectivity index (χ2n) is 4.70. The van der Waals surface area contributed by atoms with E-state index in [1.807, 2.05) is 25.6 Å². The van der Waals surface area contributed by atoms with E-state index in [2.05, 4.69) is 5.32 Å². The lowest BCUT2D eigenvalue weighted by Crippen LogP contribution is -2.40. The highest BCUT2D eigenvalue weighted by molar-refractivity contribution is 7.99. The van der Waals surface area contributed by atoms with Crippen LogP contribution in [-0.4, -0.2) is 29.5 Å². The van der Waals surface area contributed by atoms with E-state index in [1.54, 1.807) is 0 Å². The Morgan fingerprint density at radius 1 is 1.64 bits per heavy atom. The zero-order valence-corrected chi connectivity index (χ0v) is 9.82. The van der Waals surface area contributed by atoms with Crippen LogP contribution < -0.4 is 11.1 Å². The van der Waals surface area contributed by atoms with Gasteiger partial charge in [-0.3, -0.25) is 4.79 Å². The van der Waals surface area contributed by atoms with Crippen LogP contribution in [0.15, 0.2) is 0 Å². The van der Waals surface area contributed by atoms with Gasteiger partial charge in [-0.15, -0.1) is 0 Å². The number of nitrogens with one attached hydrogen (secondary N) is 1. The third kappa shape index (κ3) is 4.86. The highest BCUT2D eigenvalue weighted by Gasteiger charge is 2.19. The van der Waals surface area contributed by atoms with Crippen molar-refractivity contribution in [2.45, 2.75) is 32.2 Å². The number of nitrogens with two attached hydrogens (primary N) is 1. The van der Waals surface area contributed by atoms with Gasteiger partial charge in [-0.1, -0.05) is 0 Å². The summed E-state index contributed by atoms with van der Waals surface area (Å²) >= 11 is 1.97. The summed E-state index contributed by atoms with van der Waals surface area (Å²) in [5, 5.41) is 2.95. The molecule has 1 atom stereocenters. The summed E-state index contributed by atoms with van der Waals surface area (Å²) < 4.78 is 0. The molecular weight excluding hydrogens is 196 g/mol. The van der Waals surface area contributed by atoms with E-state index in [1.165, 1.54) is 17.9 Å². The van der Waals surface area contributed by atoms with Crippen LogP contribution in [0.1, 0.15) is 26.7 Å². The van der Waals surface area contributed by atoms with Crippen molar-refractivity contribution in [1.82, 2.24) is 5.32 Å². The van der Waals surface area contributed by atoms with Gasteiger partial charge in [-0.05, 0) is 37.7 Å². The maximum Gasteiger partial charge on any atom is 0.221 e. The number of hydrogen-bond donors (Lipinski definition) is 2. The first-order chi connectivity index (χ1) is 6.47. The first-order valence-electron chi connectivity index (χ1n) is 5.11. The van der Waals surface area contributed by atoms with Crippen LogP contribution in [0.2, 0.25) is 0 Å². The van der Waals surface area contributed by atoms with Crippen LogP contribution in [0.5, 0.6) is 0 Å². The molecule has 0 spiro atoms. The molecule has 1 aliphatic rings. The van der Waals surface area contributed by atoms with Crippen LogP contribution in [0, 0.1) is 5.92 Å². The maximum atomic E-state index is 11.4. The third-order valence-corrected chi connectivity index (χ3v) is 3.46. The molecule has 1 aliphatic heterocycles. The molecule has 0 aromatic rings. The molecule has 3 nitrogen and oxygen atoms in total. The van der Waals surface area contributed by atoms with Crippen molar-refractivity contribution >= 4 is 17.7 Å². The molecule has 1 amide bonds. The van der Waals surface area contributed by atoms with Gasteiger partial charge < -0.3 is 11.1 Å². The van der Waals surface area contributed by atoms with Crippen molar-refractivity contribution in [3.8, 4) is 0 Å². The average molecular weight is 216 g/mol. The summed E-state index contributed by atoms with van der Waals surface area (Å²) in [5.74, 6) is 3.18. The Bertz CT molecular complexity index is 195. The van der Waals surface area contributed by atoms with Crippen LogP contribution >= 0.6 is 11.8 Å². The molecule has 14 heavy (non-hydrogen) atoms. The SMILES string of the molecule is CC(C)(N)CC(=O)NCC1CCSC1. The lowest BCUT2D eigenvalue weighted by Gasteiger charge is -2.18. The Morgan fingerprint density at radius 3 is 2.86 bits per heavy atom. The summed E-state index contributed by atoms with van der Waals surface area (Å²) in [6.45, 7) is 4.57. The first kappa shape index (κ1) is 11.9. The fraction of sp³-hybridized carbons (Fsp3) is 0.900. The largest absolute Gasteiger partial charge is 0.356 e. The molecule has 0 radical (unpaired) electrons. The number of carbonyl (C=O) groups is 1. The molecule has 82 valence electrons. The number of carbonyl (C=O) groups excluding carboxylic acids is 1. The second kappa shape index (κ2) is 5.03. The fourth-order valence-corrected chi connectivity index (χ4v) is 2.76. The zero-order chi connectivity index (χ0) is 10.6. The molecule has 0 aliphatic carbocycles. The van der Waals surface area contributed by atoms with Gasteiger partial charge in [0.25, 0.3) is 0 Å². The molecule has 1 heterocycles. The van der Waals surface area contributed by atoms with Gasteiger partial charge in [-0.2, -0.15) is 11.8 Å². The van der Waals surface area contributed by atoms with Crippen molar-refractivity contribution in [1.29, 1.82) is 0 Å². The van der Waals surface area contributed by atoms with Crippen molar-refractivity contribution in [3.63, 3.8) is 0 Å². The summed E-state index contributed by atoms with van der Waals surface area (Å²) in [6.07, 6.45) is 1.64. The number of amides is 1. The van der Waals surface area contributed by atoms with E-state index in [0.717, 1.165) is 6.54 Å². The van der Waals surface area contributed by atoms with Gasteiger partial charge in [0, 0.05) is 18.5 Å². The van der Waals surface area contributed by atoms with E-state index in [0.29, 0.717) is 12.3 Å². The molecule has 1 unspecified atom stereocenters. The normalized spacial score (nSPS) is 22.4. The number of rotatable bonds is 4. The van der Waals surface area contributed by atoms with Gasteiger partial charge in [0.2, 0.25) is 5.91 Å². The van der Waals surface area contributed by atoms with Gasteiger partial charge in [0.05, 0.1) is 0 Å². The van der Waals surface area contributed by atoms with E-state index < -0.39 is 5.54 Å². The van der Waals surface area contributed by atoms with Crippen molar-refractivity contribution < 1.29 is 4.79 Å². The quantitative estimate of drug-likeness (QED) is 0.736. The monoisotopic (exact) mass is 216 g/mol. The summed E-state index contributed by atoms with van der Waals surface area (Å²) in [5.41, 5.74) is 5.36. The molecule has 1 rings (SSSR count). The molecule has 3 N–H and O–H groups in total. The van der Waals surface area contributed by atoms with Crippen LogP contribution in [0.25, 0.3) is 0 Å². The topological polar surface area (TPSA) is 55.1 Å². The number of hydrogen-bond acceptors (Lipinski definition) is 3. The molecular formula is C10H20N2OS. The lowest BCUT2D eigenvalue weighted by molar-refractivity contribution is -0.122. The standard InChI is InChI=1S/C10H20N2OS/c1-10(2,11)5-9(13)12-6-8-3-4-14-7-8/h8H,3-7,11H2,1-2H3,(H,12,13). The highest BCUT2D eigenvalue weighted by atomic mass is 32.2. The Morgan fingerprint density at radius 2 is 2.36 bits per heavy atom. The Balaban J connectivity index is 2.14. The first-order valence-corrected chi connectivity index (χ1v) is 6.26. The van der Waals surface area contributed by atoms with Crippen molar-refractivity contribution in [2.24, 2.45) is 11.7 Å². The minimum atomic E-state index is -0.394. The van der Waals surface area contributed by atoms with E-state index in [-0.39, 0.29) is 5.91 Å². The molecule has 0 saturated carbocycles. The molecule has 0 bridgehead atoms. The van der Waals surface area contributed by atoms with E-state index in [4.69, 9.17) is 5.73 Å². The van der Waals surface area contributed by atoms with E-state index in [9.17, 15) is 4.79 Å². The van der Waals surface area contributed by atoms with E-state index >= 15 is 0 Å². The van der Waals surface area contributed by atoms with Crippen LogP contribution in [-0.2, 0) is 4.79 Å². The second-order valence-corrected chi connectivity index (χ2v) is 5.85. The maximum absolute atomic E-state index is 11.4. The Hall–Kier alpha value is -0.220. The van der Waals surface area contributed by atoms with Gasteiger partial charge in [-0.25, -0.2) is 0 Å². The minimum absolute atomic E-state index is 0.0781. The van der Waals surface area contributed by atoms with Gasteiger partial charge in [0.1, 0.15) is 0 Å². The van der Waals surface area contributed by atoms with Crippen molar-refractivity contribution in [2.75, 3.05) is 18.1 Å². The summed E-state index contributed by atoms with van der Waals surface area (Å²) in [6, 6.07) is 0. The van der Waals surface area contributed by atoms with Gasteiger partial charge >= 0.3 is 0 Å². The predicted octanol–water partition coefficient (Wildman–Crippen LogP) is 0.983. The molecule has 1 fully saturated rings. The number of thioether (sulfide) groups is 1. The smallest absolute Gasteiger partial charge is 0.221 e. The average Bonchev–Trinajstić information content (AvgIpc) is 2.49. The van der Waals surface area contributed by atoms with Crippen molar-refractivity contribution in [3.05, 3.63) is 0 Å². The lowest BCUT2D eigenvalue weighted by atomic mass is 10.0. The van der Waals surface area contributed by atoms with Gasteiger partial charge in [0.15, 0.2) is 0 Å². The highest BCUT2D eigenvalue weighted by Crippen LogP contribution is 2.22. The molecule has 0 aromatic heterocycles. The molecule has 0 aromatic carbocycles. The minimum Gasteiger partial charge on any atom is -0.356 e. The third-order valence-electron chi connectivity index (χ3n) is 2.23.